The Hall–Kier alpha value is -0.340. The molecule has 0 spiro atoms. The zero-order valence-corrected chi connectivity index (χ0v) is 12.4. The van der Waals surface area contributed by atoms with Gasteiger partial charge in [0.25, 0.3) is 0 Å². The van der Waals surface area contributed by atoms with E-state index in [1.807, 2.05) is 11.3 Å². The van der Waals surface area contributed by atoms with Crippen LogP contribution < -0.4 is 5.32 Å². The van der Waals surface area contributed by atoms with Crippen LogP contribution in [0.25, 0.3) is 0 Å². The van der Waals surface area contributed by atoms with Crippen LogP contribution in [-0.2, 0) is 6.54 Å². The lowest BCUT2D eigenvalue weighted by Gasteiger charge is -2.21. The summed E-state index contributed by atoms with van der Waals surface area (Å²) >= 11 is 1.92. The molecule has 1 aromatic heterocycles. The van der Waals surface area contributed by atoms with Gasteiger partial charge in [-0.2, -0.15) is 0 Å². The van der Waals surface area contributed by atoms with Gasteiger partial charge < -0.3 is 5.32 Å². The van der Waals surface area contributed by atoms with Crippen LogP contribution >= 0.6 is 11.3 Å². The predicted molar refractivity (Wildman–Crippen MR) is 76.6 cm³/mol. The quantitative estimate of drug-likeness (QED) is 0.842. The summed E-state index contributed by atoms with van der Waals surface area (Å²) in [6.45, 7) is 10.2. The SMILES string of the molecule is CCC1CCC(NCc2cc(C)sc2C)C1C. The molecule has 1 aliphatic rings. The molecular formula is C15H25NS. The summed E-state index contributed by atoms with van der Waals surface area (Å²) < 4.78 is 0. The maximum atomic E-state index is 3.77. The van der Waals surface area contributed by atoms with E-state index >= 15 is 0 Å². The van der Waals surface area contributed by atoms with Crippen LogP contribution in [0.1, 0.15) is 48.4 Å². The highest BCUT2D eigenvalue weighted by Gasteiger charge is 2.30. The fraction of sp³-hybridized carbons (Fsp3) is 0.733. The van der Waals surface area contributed by atoms with Crippen LogP contribution in [0.3, 0.4) is 0 Å². The number of rotatable bonds is 4. The highest BCUT2D eigenvalue weighted by molar-refractivity contribution is 7.12. The van der Waals surface area contributed by atoms with Crippen molar-refractivity contribution in [2.24, 2.45) is 11.8 Å². The lowest BCUT2D eigenvalue weighted by molar-refractivity contribution is 0.344. The average Bonchev–Trinajstić information content (AvgIpc) is 2.79. The molecule has 0 aromatic carbocycles. The molecule has 2 heteroatoms. The van der Waals surface area contributed by atoms with Crippen LogP contribution in [0.5, 0.6) is 0 Å². The Morgan fingerprint density at radius 1 is 1.35 bits per heavy atom. The van der Waals surface area contributed by atoms with Crippen molar-refractivity contribution in [1.82, 2.24) is 5.32 Å². The van der Waals surface area contributed by atoms with Gasteiger partial charge in [-0.05, 0) is 50.2 Å². The van der Waals surface area contributed by atoms with Gasteiger partial charge in [0.1, 0.15) is 0 Å². The maximum Gasteiger partial charge on any atom is 0.0219 e. The zero-order valence-electron chi connectivity index (χ0n) is 11.5. The van der Waals surface area contributed by atoms with E-state index in [1.54, 1.807) is 0 Å². The van der Waals surface area contributed by atoms with Crippen molar-refractivity contribution in [2.75, 3.05) is 0 Å². The number of aryl methyl sites for hydroxylation is 2. The molecule has 0 amide bonds. The van der Waals surface area contributed by atoms with E-state index < -0.39 is 0 Å². The first kappa shape index (κ1) is 13.1. The second-order valence-electron chi connectivity index (χ2n) is 5.53. The van der Waals surface area contributed by atoms with Crippen LogP contribution in [-0.4, -0.2) is 6.04 Å². The second-order valence-corrected chi connectivity index (χ2v) is 6.99. The van der Waals surface area contributed by atoms with E-state index in [1.165, 1.54) is 34.6 Å². The van der Waals surface area contributed by atoms with Crippen molar-refractivity contribution in [2.45, 2.75) is 59.5 Å². The molecule has 1 nitrogen and oxygen atoms in total. The van der Waals surface area contributed by atoms with E-state index in [-0.39, 0.29) is 0 Å². The fourth-order valence-corrected chi connectivity index (χ4v) is 4.16. The first-order chi connectivity index (χ1) is 8.11. The van der Waals surface area contributed by atoms with E-state index in [9.17, 15) is 0 Å². The summed E-state index contributed by atoms with van der Waals surface area (Å²) in [4.78, 5) is 2.91. The van der Waals surface area contributed by atoms with Gasteiger partial charge in [-0.15, -0.1) is 11.3 Å². The Balaban J connectivity index is 1.89. The third-order valence-corrected chi connectivity index (χ3v) is 5.46. The van der Waals surface area contributed by atoms with E-state index in [4.69, 9.17) is 0 Å². The molecule has 0 radical (unpaired) electrons. The van der Waals surface area contributed by atoms with Gasteiger partial charge in [-0.25, -0.2) is 0 Å². The van der Waals surface area contributed by atoms with Gasteiger partial charge in [-0.1, -0.05) is 20.3 Å². The van der Waals surface area contributed by atoms with Crippen LogP contribution in [0.2, 0.25) is 0 Å². The molecular weight excluding hydrogens is 226 g/mol. The van der Waals surface area contributed by atoms with Gasteiger partial charge in [0.05, 0.1) is 0 Å². The van der Waals surface area contributed by atoms with E-state index in [0.717, 1.165) is 24.4 Å². The average molecular weight is 251 g/mol. The van der Waals surface area contributed by atoms with Gasteiger partial charge in [0, 0.05) is 22.3 Å². The molecule has 96 valence electrons. The highest BCUT2D eigenvalue weighted by atomic mass is 32.1. The Labute approximate surface area is 110 Å². The Morgan fingerprint density at radius 3 is 2.65 bits per heavy atom. The summed E-state index contributed by atoms with van der Waals surface area (Å²) in [5.74, 6) is 1.79. The molecule has 3 unspecified atom stereocenters. The van der Waals surface area contributed by atoms with Crippen molar-refractivity contribution < 1.29 is 0 Å². The minimum atomic E-state index is 0.736. The molecule has 3 atom stereocenters. The largest absolute Gasteiger partial charge is 0.310 e. The standard InChI is InChI=1S/C15H25NS/c1-5-13-6-7-15(11(13)3)16-9-14-8-10(2)17-12(14)4/h8,11,13,15-16H,5-7,9H2,1-4H3. The topological polar surface area (TPSA) is 12.0 Å². The zero-order chi connectivity index (χ0) is 12.4. The fourth-order valence-electron chi connectivity index (χ4n) is 3.21. The number of nitrogens with one attached hydrogen (secondary N) is 1. The van der Waals surface area contributed by atoms with Gasteiger partial charge >= 0.3 is 0 Å². The molecule has 1 aromatic rings. The first-order valence-electron chi connectivity index (χ1n) is 6.91. The molecule has 1 aliphatic carbocycles. The van der Waals surface area contributed by atoms with Crippen molar-refractivity contribution in [1.29, 1.82) is 0 Å². The minimum Gasteiger partial charge on any atom is -0.310 e. The van der Waals surface area contributed by atoms with Gasteiger partial charge in [0.2, 0.25) is 0 Å². The molecule has 1 saturated carbocycles. The molecule has 17 heavy (non-hydrogen) atoms. The summed E-state index contributed by atoms with van der Waals surface area (Å²) in [7, 11) is 0. The van der Waals surface area contributed by atoms with Crippen molar-refractivity contribution in [3.05, 3.63) is 21.4 Å². The van der Waals surface area contributed by atoms with E-state index in [2.05, 4.69) is 39.1 Å². The molecule has 1 fully saturated rings. The smallest absolute Gasteiger partial charge is 0.0219 e. The summed E-state index contributed by atoms with van der Waals surface area (Å²) in [6.07, 6.45) is 4.12. The molecule has 2 rings (SSSR count). The van der Waals surface area contributed by atoms with Crippen molar-refractivity contribution >= 4 is 11.3 Å². The third-order valence-electron chi connectivity index (χ3n) is 4.45. The van der Waals surface area contributed by atoms with Crippen LogP contribution in [0.15, 0.2) is 6.07 Å². The maximum absolute atomic E-state index is 3.77. The number of thiophene rings is 1. The number of hydrogen-bond acceptors (Lipinski definition) is 2. The Kier molecular flexibility index (Phi) is 4.26. The lowest BCUT2D eigenvalue weighted by Crippen LogP contribution is -2.32. The number of hydrogen-bond donors (Lipinski definition) is 1. The third kappa shape index (κ3) is 2.92. The summed E-state index contributed by atoms with van der Waals surface area (Å²) in [5.41, 5.74) is 1.50. The second kappa shape index (κ2) is 5.53. The molecule has 0 saturated heterocycles. The molecule has 0 bridgehead atoms. The molecule has 1 heterocycles. The predicted octanol–water partition coefficient (Wildman–Crippen LogP) is 4.28. The van der Waals surface area contributed by atoms with E-state index in [0.29, 0.717) is 0 Å². The van der Waals surface area contributed by atoms with Crippen LogP contribution in [0, 0.1) is 25.7 Å². The van der Waals surface area contributed by atoms with Crippen molar-refractivity contribution in [3.63, 3.8) is 0 Å². The molecule has 1 N–H and O–H groups in total. The Bertz CT molecular complexity index is 369. The summed E-state index contributed by atoms with van der Waals surface area (Å²) in [5, 5.41) is 3.77. The monoisotopic (exact) mass is 251 g/mol. The minimum absolute atomic E-state index is 0.736. The van der Waals surface area contributed by atoms with Crippen LogP contribution in [0.4, 0.5) is 0 Å². The lowest BCUT2D eigenvalue weighted by atomic mass is 9.93. The van der Waals surface area contributed by atoms with Crippen molar-refractivity contribution in [3.8, 4) is 0 Å². The summed E-state index contributed by atoms with van der Waals surface area (Å²) in [6, 6.07) is 3.07. The highest BCUT2D eigenvalue weighted by Crippen LogP contribution is 2.34. The van der Waals surface area contributed by atoms with Gasteiger partial charge in [-0.3, -0.25) is 0 Å². The first-order valence-corrected chi connectivity index (χ1v) is 7.72. The van der Waals surface area contributed by atoms with Gasteiger partial charge in [0.15, 0.2) is 0 Å². The Morgan fingerprint density at radius 2 is 2.12 bits per heavy atom. The normalized spacial score (nSPS) is 28.8. The molecule has 0 aliphatic heterocycles.